The number of rotatable bonds is 6. The van der Waals surface area contributed by atoms with Crippen molar-refractivity contribution in [3.8, 4) is 11.5 Å². The maximum absolute atomic E-state index is 13.1. The molecule has 0 radical (unpaired) electrons. The number of carbonyl (C=O) groups excluding carboxylic acids is 3. The van der Waals surface area contributed by atoms with Crippen LogP contribution in [0.25, 0.3) is 0 Å². The average Bonchev–Trinajstić information content (AvgIpc) is 3.58. The van der Waals surface area contributed by atoms with Crippen molar-refractivity contribution in [2.75, 3.05) is 25.2 Å². The molecule has 2 aliphatic rings. The summed E-state index contributed by atoms with van der Waals surface area (Å²) in [4.78, 5) is 39.8. The minimum Gasteiger partial charge on any atom is -0.454 e. The number of ether oxygens (including phenoxy) is 2. The third kappa shape index (κ3) is 5.28. The molecule has 3 heterocycles. The maximum atomic E-state index is 13.1. The zero-order valence-electron chi connectivity index (χ0n) is 19.0. The van der Waals surface area contributed by atoms with Crippen LogP contribution in [0.5, 0.6) is 11.5 Å². The molecule has 3 aromatic rings. The standard InChI is InChI=1S/C24H22FN5O5S/c25-16-5-3-14(4-6-16)11-26-20(31)15-2-1-9-30(12-15)24(33)23-29-28-22(36-23)21(32)27-17-7-8-18-19(10-17)35-13-34-18/h3-8,10,15H,1-2,9,11-13H2,(H,26,31)(H,27,32). The summed E-state index contributed by atoms with van der Waals surface area (Å²) in [5, 5.41) is 13.5. The van der Waals surface area contributed by atoms with Crippen LogP contribution in [0.1, 0.15) is 38.0 Å². The Morgan fingerprint density at radius 2 is 1.83 bits per heavy atom. The molecular formula is C24H22FN5O5S. The number of carbonyl (C=O) groups is 3. The van der Waals surface area contributed by atoms with Gasteiger partial charge in [0.1, 0.15) is 5.82 Å². The van der Waals surface area contributed by atoms with E-state index in [0.29, 0.717) is 36.6 Å². The molecule has 0 saturated carbocycles. The van der Waals surface area contributed by atoms with Gasteiger partial charge in [0.25, 0.3) is 11.8 Å². The number of nitrogens with zero attached hydrogens (tertiary/aromatic N) is 3. The van der Waals surface area contributed by atoms with Gasteiger partial charge in [-0.05, 0) is 42.7 Å². The molecular weight excluding hydrogens is 489 g/mol. The number of hydrogen-bond donors (Lipinski definition) is 2. The van der Waals surface area contributed by atoms with Crippen LogP contribution in [0.2, 0.25) is 0 Å². The highest BCUT2D eigenvalue weighted by molar-refractivity contribution is 7.15. The molecule has 0 bridgehead atoms. The summed E-state index contributed by atoms with van der Waals surface area (Å²) in [6.07, 6.45) is 1.31. The Bertz CT molecular complexity index is 1300. The molecule has 1 atom stereocenters. The summed E-state index contributed by atoms with van der Waals surface area (Å²) in [5.74, 6) is -0.615. The van der Waals surface area contributed by atoms with Gasteiger partial charge in [-0.3, -0.25) is 14.4 Å². The third-order valence-corrected chi connectivity index (χ3v) is 6.80. The summed E-state index contributed by atoms with van der Waals surface area (Å²) in [6.45, 7) is 1.13. The van der Waals surface area contributed by atoms with Crippen molar-refractivity contribution in [2.45, 2.75) is 19.4 Å². The monoisotopic (exact) mass is 511 g/mol. The normalized spacial score (nSPS) is 16.5. The van der Waals surface area contributed by atoms with E-state index in [2.05, 4.69) is 20.8 Å². The van der Waals surface area contributed by atoms with E-state index in [1.165, 1.54) is 12.1 Å². The Labute approximate surface area is 209 Å². The minimum atomic E-state index is -0.498. The molecule has 1 fully saturated rings. The van der Waals surface area contributed by atoms with Crippen molar-refractivity contribution in [2.24, 2.45) is 5.92 Å². The third-order valence-electron chi connectivity index (χ3n) is 5.89. The van der Waals surface area contributed by atoms with Crippen molar-refractivity contribution in [3.63, 3.8) is 0 Å². The van der Waals surface area contributed by atoms with E-state index >= 15 is 0 Å². The number of nitrogens with one attached hydrogen (secondary N) is 2. The zero-order chi connectivity index (χ0) is 25.1. The van der Waals surface area contributed by atoms with Gasteiger partial charge in [-0.15, -0.1) is 10.2 Å². The van der Waals surface area contributed by atoms with Gasteiger partial charge in [-0.25, -0.2) is 4.39 Å². The molecule has 2 N–H and O–H groups in total. The highest BCUT2D eigenvalue weighted by Gasteiger charge is 2.31. The molecule has 2 aromatic carbocycles. The number of fused-ring (bicyclic) bond motifs is 1. The van der Waals surface area contributed by atoms with Gasteiger partial charge in [-0.1, -0.05) is 23.5 Å². The smallest absolute Gasteiger partial charge is 0.286 e. The number of hydrogen-bond acceptors (Lipinski definition) is 8. The molecule has 5 rings (SSSR count). The molecule has 1 aromatic heterocycles. The number of piperidine rings is 1. The Balaban J connectivity index is 1.17. The molecule has 2 aliphatic heterocycles. The Morgan fingerprint density at radius 3 is 2.67 bits per heavy atom. The average molecular weight is 512 g/mol. The van der Waals surface area contributed by atoms with Crippen molar-refractivity contribution in [1.82, 2.24) is 20.4 Å². The van der Waals surface area contributed by atoms with E-state index in [0.717, 1.165) is 16.9 Å². The number of anilines is 1. The molecule has 186 valence electrons. The Morgan fingerprint density at radius 1 is 1.06 bits per heavy atom. The number of likely N-dealkylation sites (tertiary alicyclic amines) is 1. The van der Waals surface area contributed by atoms with Gasteiger partial charge in [0.2, 0.25) is 22.7 Å². The van der Waals surface area contributed by atoms with Crippen LogP contribution >= 0.6 is 11.3 Å². The lowest BCUT2D eigenvalue weighted by Gasteiger charge is -2.31. The first-order valence-electron chi connectivity index (χ1n) is 11.3. The Kier molecular flexibility index (Phi) is 6.76. The summed E-state index contributed by atoms with van der Waals surface area (Å²) in [5.41, 5.74) is 1.28. The quantitative estimate of drug-likeness (QED) is 0.522. The van der Waals surface area contributed by atoms with Crippen LogP contribution in [0.3, 0.4) is 0 Å². The predicted octanol–water partition coefficient (Wildman–Crippen LogP) is 2.83. The lowest BCUT2D eigenvalue weighted by Crippen LogP contribution is -2.45. The summed E-state index contributed by atoms with van der Waals surface area (Å²) in [7, 11) is 0. The van der Waals surface area contributed by atoms with Gasteiger partial charge in [0.05, 0.1) is 5.92 Å². The number of amides is 3. The first-order valence-corrected chi connectivity index (χ1v) is 12.1. The molecule has 12 heteroatoms. The van der Waals surface area contributed by atoms with Gasteiger partial charge >= 0.3 is 0 Å². The molecule has 10 nitrogen and oxygen atoms in total. The van der Waals surface area contributed by atoms with Crippen molar-refractivity contribution < 1.29 is 28.2 Å². The summed E-state index contributed by atoms with van der Waals surface area (Å²) in [6, 6.07) is 10.9. The molecule has 36 heavy (non-hydrogen) atoms. The first-order chi connectivity index (χ1) is 17.5. The SMILES string of the molecule is O=C(Nc1ccc2c(c1)OCO2)c1nnc(C(=O)N2CCCC(C(=O)NCc3ccc(F)cc3)C2)s1. The maximum Gasteiger partial charge on any atom is 0.286 e. The highest BCUT2D eigenvalue weighted by Crippen LogP contribution is 2.34. The molecule has 3 amide bonds. The lowest BCUT2D eigenvalue weighted by atomic mass is 9.97. The minimum absolute atomic E-state index is 0.0432. The Hall–Kier alpha value is -4.06. The van der Waals surface area contributed by atoms with E-state index < -0.39 is 5.91 Å². The number of halogens is 1. The molecule has 0 spiro atoms. The molecule has 1 saturated heterocycles. The molecule has 0 aliphatic carbocycles. The van der Waals surface area contributed by atoms with Crippen LogP contribution in [-0.2, 0) is 11.3 Å². The van der Waals surface area contributed by atoms with Gasteiger partial charge in [0, 0.05) is 31.4 Å². The van der Waals surface area contributed by atoms with Gasteiger partial charge in [-0.2, -0.15) is 0 Å². The fourth-order valence-corrected chi connectivity index (χ4v) is 4.71. The van der Waals surface area contributed by atoms with E-state index in [9.17, 15) is 18.8 Å². The highest BCUT2D eigenvalue weighted by atomic mass is 32.1. The lowest BCUT2D eigenvalue weighted by molar-refractivity contribution is -0.126. The van der Waals surface area contributed by atoms with E-state index in [1.807, 2.05) is 0 Å². The fraction of sp³-hybridized carbons (Fsp3) is 0.292. The van der Waals surface area contributed by atoms with Crippen LogP contribution < -0.4 is 20.1 Å². The fourth-order valence-electron chi connectivity index (χ4n) is 4.01. The summed E-state index contributed by atoms with van der Waals surface area (Å²) >= 11 is 0.893. The second kappa shape index (κ2) is 10.3. The van der Waals surface area contributed by atoms with Crippen molar-refractivity contribution in [1.29, 1.82) is 0 Å². The zero-order valence-corrected chi connectivity index (χ0v) is 19.8. The first kappa shape index (κ1) is 23.7. The van der Waals surface area contributed by atoms with E-state index in [4.69, 9.17) is 9.47 Å². The van der Waals surface area contributed by atoms with E-state index in [1.54, 1.807) is 35.2 Å². The van der Waals surface area contributed by atoms with Gasteiger partial charge < -0.3 is 25.0 Å². The summed E-state index contributed by atoms with van der Waals surface area (Å²) < 4.78 is 23.6. The topological polar surface area (TPSA) is 123 Å². The van der Waals surface area contributed by atoms with Crippen molar-refractivity contribution in [3.05, 3.63) is 63.9 Å². The van der Waals surface area contributed by atoms with Crippen LogP contribution in [-0.4, -0.2) is 52.7 Å². The second-order valence-corrected chi connectivity index (χ2v) is 9.35. The predicted molar refractivity (Wildman–Crippen MR) is 127 cm³/mol. The van der Waals surface area contributed by atoms with Gasteiger partial charge in [0.15, 0.2) is 11.5 Å². The number of benzene rings is 2. The van der Waals surface area contributed by atoms with Crippen LogP contribution in [0, 0.1) is 11.7 Å². The largest absolute Gasteiger partial charge is 0.454 e. The van der Waals surface area contributed by atoms with Crippen LogP contribution in [0.15, 0.2) is 42.5 Å². The van der Waals surface area contributed by atoms with Crippen LogP contribution in [0.4, 0.5) is 10.1 Å². The molecule has 1 unspecified atom stereocenters. The van der Waals surface area contributed by atoms with Crippen molar-refractivity contribution >= 4 is 34.7 Å². The second-order valence-electron chi connectivity index (χ2n) is 8.37. The number of aromatic nitrogens is 2. The van der Waals surface area contributed by atoms with E-state index in [-0.39, 0.29) is 53.4 Å².